The topological polar surface area (TPSA) is 72.2 Å². The zero-order valence-corrected chi connectivity index (χ0v) is 12.6. The summed E-state index contributed by atoms with van der Waals surface area (Å²) in [6, 6.07) is 7.68. The van der Waals surface area contributed by atoms with Crippen LogP contribution in [0.1, 0.15) is 10.4 Å². The van der Waals surface area contributed by atoms with E-state index in [4.69, 9.17) is 11.6 Å². The largest absolute Gasteiger partial charge is 0.322 e. The Bertz CT molecular complexity index is 739. The number of halogens is 3. The minimum Gasteiger partial charge on any atom is -0.322 e. The highest BCUT2D eigenvalue weighted by molar-refractivity contribution is 9.10. The molecule has 0 aromatic heterocycles. The summed E-state index contributed by atoms with van der Waals surface area (Å²) in [5.41, 5.74) is -0.362. The summed E-state index contributed by atoms with van der Waals surface area (Å²) in [5.74, 6) is -1.60. The molecule has 0 saturated heterocycles. The monoisotopic (exact) mass is 372 g/mol. The summed E-state index contributed by atoms with van der Waals surface area (Å²) in [5, 5.41) is 13.6. The third kappa shape index (κ3) is 3.56. The van der Waals surface area contributed by atoms with Gasteiger partial charge in [-0.2, -0.15) is 4.39 Å². The Kier molecular flexibility index (Phi) is 4.54. The molecule has 0 spiro atoms. The molecule has 0 radical (unpaired) electrons. The zero-order valence-electron chi connectivity index (χ0n) is 10.3. The average Bonchev–Trinajstić information content (AvgIpc) is 2.43. The standard InChI is InChI=1S/C13H7BrClFN2O3/c14-9-3-2-8(6-10(9)15)17-13(19)7-1-4-11(16)12(5-7)18(20)21/h1-6H,(H,17,19). The van der Waals surface area contributed by atoms with Gasteiger partial charge in [0.15, 0.2) is 0 Å². The van der Waals surface area contributed by atoms with Crippen molar-refractivity contribution in [2.24, 2.45) is 0 Å². The second kappa shape index (κ2) is 6.19. The van der Waals surface area contributed by atoms with Crippen LogP contribution in [0.2, 0.25) is 5.02 Å². The highest BCUT2D eigenvalue weighted by Gasteiger charge is 2.17. The van der Waals surface area contributed by atoms with Gasteiger partial charge in [0.05, 0.1) is 9.95 Å². The minimum absolute atomic E-state index is 0.0258. The van der Waals surface area contributed by atoms with Gasteiger partial charge in [-0.1, -0.05) is 11.6 Å². The first-order chi connectivity index (χ1) is 9.88. The minimum atomic E-state index is -0.997. The smallest absolute Gasteiger partial charge is 0.305 e. The van der Waals surface area contributed by atoms with E-state index in [1.807, 2.05) is 0 Å². The molecule has 0 bridgehead atoms. The van der Waals surface area contributed by atoms with Crippen molar-refractivity contribution in [2.45, 2.75) is 0 Å². The van der Waals surface area contributed by atoms with Crippen molar-refractivity contribution in [3.05, 3.63) is 67.4 Å². The number of carbonyl (C=O) groups is 1. The van der Waals surface area contributed by atoms with E-state index >= 15 is 0 Å². The second-order valence-electron chi connectivity index (χ2n) is 4.01. The molecule has 0 atom stereocenters. The Hall–Kier alpha value is -1.99. The molecule has 108 valence electrons. The summed E-state index contributed by atoms with van der Waals surface area (Å²) in [4.78, 5) is 21.7. The number of nitrogens with one attached hydrogen (secondary N) is 1. The van der Waals surface area contributed by atoms with Crippen LogP contribution in [0.3, 0.4) is 0 Å². The van der Waals surface area contributed by atoms with Crippen molar-refractivity contribution < 1.29 is 14.1 Å². The Morgan fingerprint density at radius 3 is 2.62 bits per heavy atom. The van der Waals surface area contributed by atoms with Gasteiger partial charge in [0, 0.05) is 21.8 Å². The second-order valence-corrected chi connectivity index (χ2v) is 5.27. The van der Waals surface area contributed by atoms with Gasteiger partial charge in [-0.3, -0.25) is 14.9 Å². The van der Waals surface area contributed by atoms with E-state index in [2.05, 4.69) is 21.2 Å². The van der Waals surface area contributed by atoms with Gasteiger partial charge >= 0.3 is 5.69 Å². The first-order valence-corrected chi connectivity index (χ1v) is 6.76. The van der Waals surface area contributed by atoms with E-state index in [1.165, 1.54) is 6.07 Å². The number of anilines is 1. The Labute approximate surface area is 132 Å². The molecule has 21 heavy (non-hydrogen) atoms. The number of nitro benzene ring substituents is 1. The van der Waals surface area contributed by atoms with E-state index in [-0.39, 0.29) is 5.56 Å². The SMILES string of the molecule is O=C(Nc1ccc(Br)c(Cl)c1)c1ccc(F)c([N+](=O)[O-])c1. The molecule has 0 saturated carbocycles. The molecule has 1 amide bonds. The van der Waals surface area contributed by atoms with Crippen LogP contribution in [0, 0.1) is 15.9 Å². The maximum atomic E-state index is 13.2. The molecule has 2 aromatic rings. The third-order valence-corrected chi connectivity index (χ3v) is 3.81. The Morgan fingerprint density at radius 1 is 1.29 bits per heavy atom. The van der Waals surface area contributed by atoms with Crippen LogP contribution in [0.5, 0.6) is 0 Å². The molecule has 1 N–H and O–H groups in total. The van der Waals surface area contributed by atoms with Crippen LogP contribution in [-0.2, 0) is 0 Å². The summed E-state index contributed by atoms with van der Waals surface area (Å²) in [6.45, 7) is 0. The normalized spacial score (nSPS) is 10.2. The van der Waals surface area contributed by atoms with Gasteiger partial charge in [-0.05, 0) is 46.3 Å². The highest BCUT2D eigenvalue weighted by atomic mass is 79.9. The van der Waals surface area contributed by atoms with Crippen LogP contribution in [0.25, 0.3) is 0 Å². The molecular formula is C13H7BrClFN2O3. The predicted molar refractivity (Wildman–Crippen MR) is 80.2 cm³/mol. The summed E-state index contributed by atoms with van der Waals surface area (Å²) < 4.78 is 13.9. The molecule has 0 heterocycles. The van der Waals surface area contributed by atoms with E-state index in [0.29, 0.717) is 15.2 Å². The number of nitro groups is 1. The van der Waals surface area contributed by atoms with E-state index in [0.717, 1.165) is 18.2 Å². The quantitative estimate of drug-likeness (QED) is 0.640. The molecule has 0 fully saturated rings. The van der Waals surface area contributed by atoms with E-state index in [9.17, 15) is 19.3 Å². The lowest BCUT2D eigenvalue weighted by Gasteiger charge is -2.06. The maximum absolute atomic E-state index is 13.2. The summed E-state index contributed by atoms with van der Waals surface area (Å²) in [7, 11) is 0. The number of nitrogens with zero attached hydrogens (tertiary/aromatic N) is 1. The maximum Gasteiger partial charge on any atom is 0.305 e. The molecule has 0 aliphatic carbocycles. The molecular weight excluding hydrogens is 367 g/mol. The van der Waals surface area contributed by atoms with Gasteiger partial charge in [-0.15, -0.1) is 0 Å². The van der Waals surface area contributed by atoms with Gasteiger partial charge in [0.25, 0.3) is 5.91 Å². The van der Waals surface area contributed by atoms with Crippen molar-refractivity contribution in [1.82, 2.24) is 0 Å². The fourth-order valence-corrected chi connectivity index (χ4v) is 2.00. The number of rotatable bonds is 3. The highest BCUT2D eigenvalue weighted by Crippen LogP contribution is 2.26. The number of benzene rings is 2. The van der Waals surface area contributed by atoms with Gasteiger partial charge in [-0.25, -0.2) is 0 Å². The lowest BCUT2D eigenvalue weighted by molar-refractivity contribution is -0.387. The molecule has 2 rings (SSSR count). The Morgan fingerprint density at radius 2 is 2.00 bits per heavy atom. The molecule has 8 heteroatoms. The first kappa shape index (κ1) is 15.4. The third-order valence-electron chi connectivity index (χ3n) is 2.58. The molecule has 5 nitrogen and oxygen atoms in total. The van der Waals surface area contributed by atoms with Crippen molar-refractivity contribution >= 4 is 44.8 Å². The zero-order chi connectivity index (χ0) is 15.6. The van der Waals surface area contributed by atoms with Crippen LogP contribution in [-0.4, -0.2) is 10.8 Å². The van der Waals surface area contributed by atoms with E-state index < -0.39 is 22.3 Å². The number of hydrogen-bond acceptors (Lipinski definition) is 3. The van der Waals surface area contributed by atoms with Gasteiger partial charge < -0.3 is 5.32 Å². The fraction of sp³-hybridized carbons (Fsp3) is 0. The van der Waals surface area contributed by atoms with Crippen molar-refractivity contribution in [3.63, 3.8) is 0 Å². The summed E-state index contributed by atoms with van der Waals surface area (Å²) in [6.07, 6.45) is 0. The lowest BCUT2D eigenvalue weighted by Crippen LogP contribution is -2.12. The summed E-state index contributed by atoms with van der Waals surface area (Å²) >= 11 is 9.11. The molecule has 0 aliphatic heterocycles. The number of hydrogen-bond donors (Lipinski definition) is 1. The number of carbonyl (C=O) groups excluding carboxylic acids is 1. The predicted octanol–water partition coefficient (Wildman–Crippen LogP) is 4.40. The lowest BCUT2D eigenvalue weighted by atomic mass is 10.1. The van der Waals surface area contributed by atoms with Crippen molar-refractivity contribution in [3.8, 4) is 0 Å². The van der Waals surface area contributed by atoms with Crippen LogP contribution >= 0.6 is 27.5 Å². The Balaban J connectivity index is 2.26. The van der Waals surface area contributed by atoms with Crippen LogP contribution in [0.15, 0.2) is 40.9 Å². The van der Waals surface area contributed by atoms with Gasteiger partial charge in [0.1, 0.15) is 0 Å². The van der Waals surface area contributed by atoms with E-state index in [1.54, 1.807) is 12.1 Å². The first-order valence-electron chi connectivity index (χ1n) is 5.59. The molecule has 0 unspecified atom stereocenters. The fourth-order valence-electron chi connectivity index (χ4n) is 1.57. The van der Waals surface area contributed by atoms with Crippen molar-refractivity contribution in [1.29, 1.82) is 0 Å². The van der Waals surface area contributed by atoms with Crippen molar-refractivity contribution in [2.75, 3.05) is 5.32 Å². The number of amides is 1. The average molecular weight is 374 g/mol. The van der Waals surface area contributed by atoms with Crippen LogP contribution < -0.4 is 5.32 Å². The molecule has 0 aliphatic rings. The molecule has 2 aromatic carbocycles. The van der Waals surface area contributed by atoms with Crippen LogP contribution in [0.4, 0.5) is 15.8 Å². The van der Waals surface area contributed by atoms with Gasteiger partial charge in [0.2, 0.25) is 5.82 Å².